The van der Waals surface area contributed by atoms with E-state index in [-0.39, 0.29) is 22.4 Å². The van der Waals surface area contributed by atoms with Gasteiger partial charge >= 0.3 is 5.69 Å². The first-order valence-electron chi connectivity index (χ1n) is 6.90. The van der Waals surface area contributed by atoms with Crippen LogP contribution < -0.4 is 5.32 Å². The molecule has 12 heteroatoms. The third-order valence-electron chi connectivity index (χ3n) is 3.81. The predicted octanol–water partition coefficient (Wildman–Crippen LogP) is -1.66. The molecule has 0 amide bonds. The molecule has 2 aromatic rings. The van der Waals surface area contributed by atoms with Crippen LogP contribution in [0.5, 0.6) is 0 Å². The third kappa shape index (κ3) is 2.65. The van der Waals surface area contributed by atoms with Crippen LogP contribution in [0.1, 0.15) is 0 Å². The SMILES string of the molecule is O=[N+]([O-])c1ccc(NC2[C@H](O)OC(CO)[C@@H](O)[C@@H]2O)c2nonc12. The molecule has 24 heavy (non-hydrogen) atoms. The molecule has 0 radical (unpaired) electrons. The lowest BCUT2D eigenvalue weighted by molar-refractivity contribution is -0.383. The van der Waals surface area contributed by atoms with Gasteiger partial charge in [-0.25, -0.2) is 4.63 Å². The summed E-state index contributed by atoms with van der Waals surface area (Å²) < 4.78 is 9.54. The van der Waals surface area contributed by atoms with Crippen molar-refractivity contribution in [1.29, 1.82) is 0 Å². The van der Waals surface area contributed by atoms with Crippen LogP contribution in [0.25, 0.3) is 11.0 Å². The van der Waals surface area contributed by atoms with Gasteiger partial charge in [-0.15, -0.1) is 0 Å². The van der Waals surface area contributed by atoms with E-state index >= 15 is 0 Å². The number of fused-ring (bicyclic) bond motifs is 1. The van der Waals surface area contributed by atoms with E-state index < -0.39 is 42.2 Å². The summed E-state index contributed by atoms with van der Waals surface area (Å²) in [5, 5.41) is 59.7. The predicted molar refractivity (Wildman–Crippen MR) is 75.8 cm³/mol. The first-order valence-corrected chi connectivity index (χ1v) is 6.90. The lowest BCUT2D eigenvalue weighted by atomic mass is 9.96. The van der Waals surface area contributed by atoms with Crippen LogP contribution in [-0.2, 0) is 4.74 Å². The molecule has 0 saturated carbocycles. The van der Waals surface area contributed by atoms with E-state index in [0.29, 0.717) is 0 Å². The largest absolute Gasteiger partial charge is 0.394 e. The van der Waals surface area contributed by atoms with Gasteiger partial charge in [-0.2, -0.15) is 0 Å². The summed E-state index contributed by atoms with van der Waals surface area (Å²) in [5.74, 6) is 0. The number of nitrogens with zero attached hydrogens (tertiary/aromatic N) is 3. The number of nitrogens with one attached hydrogen (secondary N) is 1. The van der Waals surface area contributed by atoms with Gasteiger partial charge in [0.05, 0.1) is 17.2 Å². The summed E-state index contributed by atoms with van der Waals surface area (Å²) in [7, 11) is 0. The minimum absolute atomic E-state index is 0.0161. The van der Waals surface area contributed by atoms with Crippen molar-refractivity contribution < 1.29 is 34.7 Å². The fourth-order valence-corrected chi connectivity index (χ4v) is 2.55. The smallest absolute Gasteiger partial charge is 0.300 e. The molecule has 3 rings (SSSR count). The summed E-state index contributed by atoms with van der Waals surface area (Å²) >= 11 is 0. The average molecular weight is 342 g/mol. The Labute approximate surface area is 133 Å². The van der Waals surface area contributed by atoms with Gasteiger partial charge in [-0.1, -0.05) is 0 Å². The maximum Gasteiger partial charge on any atom is 0.300 e. The van der Waals surface area contributed by atoms with E-state index in [4.69, 9.17) is 9.84 Å². The molecule has 0 spiro atoms. The number of aromatic nitrogens is 2. The van der Waals surface area contributed by atoms with E-state index in [9.17, 15) is 25.4 Å². The fraction of sp³-hybridized carbons (Fsp3) is 0.500. The van der Waals surface area contributed by atoms with Gasteiger partial charge in [0.25, 0.3) is 0 Å². The molecule has 2 unspecified atom stereocenters. The van der Waals surface area contributed by atoms with Crippen molar-refractivity contribution in [3.05, 3.63) is 22.2 Å². The molecular weight excluding hydrogens is 328 g/mol. The molecule has 1 saturated heterocycles. The van der Waals surface area contributed by atoms with Gasteiger partial charge in [-0.05, 0) is 16.4 Å². The minimum Gasteiger partial charge on any atom is -0.394 e. The van der Waals surface area contributed by atoms with Crippen LogP contribution in [0, 0.1) is 10.1 Å². The molecule has 1 aromatic carbocycles. The Morgan fingerprint density at radius 2 is 1.92 bits per heavy atom. The summed E-state index contributed by atoms with van der Waals surface area (Å²) in [6, 6.07) is 1.28. The Morgan fingerprint density at radius 3 is 2.58 bits per heavy atom. The molecule has 1 aromatic heterocycles. The first-order chi connectivity index (χ1) is 11.4. The minimum atomic E-state index is -1.55. The van der Waals surface area contributed by atoms with Crippen molar-refractivity contribution in [1.82, 2.24) is 10.3 Å². The second kappa shape index (κ2) is 6.26. The zero-order valence-electron chi connectivity index (χ0n) is 12.0. The highest BCUT2D eigenvalue weighted by Crippen LogP contribution is 2.31. The molecule has 1 aliphatic heterocycles. The van der Waals surface area contributed by atoms with E-state index in [0.717, 1.165) is 6.07 Å². The number of hydrogen-bond acceptors (Lipinski definition) is 11. The number of benzene rings is 1. The van der Waals surface area contributed by atoms with Crippen LogP contribution >= 0.6 is 0 Å². The Hall–Kier alpha value is -2.38. The zero-order chi connectivity index (χ0) is 17.4. The van der Waals surface area contributed by atoms with Crippen LogP contribution in [0.15, 0.2) is 16.8 Å². The van der Waals surface area contributed by atoms with Crippen LogP contribution in [0.4, 0.5) is 11.4 Å². The average Bonchev–Trinajstić information content (AvgIpc) is 3.04. The normalized spacial score (nSPS) is 30.4. The number of anilines is 1. The fourth-order valence-electron chi connectivity index (χ4n) is 2.55. The molecule has 5 atom stereocenters. The number of non-ortho nitro benzene ring substituents is 1. The van der Waals surface area contributed by atoms with Crippen molar-refractivity contribution in [3.63, 3.8) is 0 Å². The highest BCUT2D eigenvalue weighted by molar-refractivity contribution is 5.93. The Kier molecular flexibility index (Phi) is 4.29. The zero-order valence-corrected chi connectivity index (χ0v) is 12.0. The Morgan fingerprint density at radius 1 is 1.21 bits per heavy atom. The number of rotatable bonds is 4. The summed E-state index contributed by atoms with van der Waals surface area (Å²) in [6.45, 7) is -0.586. The molecule has 12 nitrogen and oxygen atoms in total. The summed E-state index contributed by atoms with van der Waals surface area (Å²) in [6.07, 6.45) is -5.61. The summed E-state index contributed by atoms with van der Waals surface area (Å²) in [5.41, 5.74) is -0.238. The molecule has 1 aliphatic rings. The van der Waals surface area contributed by atoms with Gasteiger partial charge in [0.2, 0.25) is 5.52 Å². The topological polar surface area (TPSA) is 184 Å². The second-order valence-corrected chi connectivity index (χ2v) is 5.25. The number of aliphatic hydroxyl groups is 4. The standard InChI is InChI=1S/C12H14N4O8/c17-3-6-10(18)11(19)9(12(20)23-6)13-4-1-2-5(16(21)22)8-7(4)14-24-15-8/h1-2,6,9-13,17-20H,3H2/t6?,9?,10-,11-,12-/m1/s1. The van der Waals surface area contributed by atoms with Gasteiger partial charge in [0.1, 0.15) is 24.4 Å². The maximum atomic E-state index is 10.9. The van der Waals surface area contributed by atoms with E-state index in [1.165, 1.54) is 6.07 Å². The van der Waals surface area contributed by atoms with Crippen molar-refractivity contribution in [2.24, 2.45) is 0 Å². The van der Waals surface area contributed by atoms with Crippen molar-refractivity contribution >= 4 is 22.4 Å². The van der Waals surface area contributed by atoms with Crippen LogP contribution in [0.2, 0.25) is 0 Å². The molecule has 2 heterocycles. The Balaban J connectivity index is 1.91. The monoisotopic (exact) mass is 342 g/mol. The molecule has 0 bridgehead atoms. The van der Waals surface area contributed by atoms with Gasteiger partial charge in [0.15, 0.2) is 11.8 Å². The van der Waals surface area contributed by atoms with Crippen molar-refractivity contribution in [2.75, 3.05) is 11.9 Å². The second-order valence-electron chi connectivity index (χ2n) is 5.25. The number of hydrogen-bond donors (Lipinski definition) is 5. The highest BCUT2D eigenvalue weighted by atomic mass is 16.6. The number of nitro benzene ring substituents is 1. The third-order valence-corrected chi connectivity index (χ3v) is 3.81. The van der Waals surface area contributed by atoms with Gasteiger partial charge < -0.3 is 30.5 Å². The quantitative estimate of drug-likeness (QED) is 0.316. The molecule has 1 fully saturated rings. The van der Waals surface area contributed by atoms with E-state index in [1.54, 1.807) is 0 Å². The van der Waals surface area contributed by atoms with Crippen molar-refractivity contribution in [3.8, 4) is 0 Å². The molecule has 5 N–H and O–H groups in total. The van der Waals surface area contributed by atoms with E-state index in [1.807, 2.05) is 0 Å². The summed E-state index contributed by atoms with van der Waals surface area (Å²) in [4.78, 5) is 10.3. The number of aliphatic hydroxyl groups excluding tert-OH is 4. The molecular formula is C12H14N4O8. The molecule has 130 valence electrons. The number of nitro groups is 1. The Bertz CT molecular complexity index is 752. The lowest BCUT2D eigenvalue weighted by Crippen LogP contribution is -2.61. The van der Waals surface area contributed by atoms with Gasteiger partial charge in [-0.3, -0.25) is 10.1 Å². The highest BCUT2D eigenvalue weighted by Gasteiger charge is 2.44. The first kappa shape index (κ1) is 16.5. The van der Waals surface area contributed by atoms with E-state index in [2.05, 4.69) is 20.3 Å². The van der Waals surface area contributed by atoms with Gasteiger partial charge in [0, 0.05) is 6.07 Å². The van der Waals surface area contributed by atoms with Crippen LogP contribution in [0.3, 0.4) is 0 Å². The maximum absolute atomic E-state index is 10.9. The van der Waals surface area contributed by atoms with Crippen molar-refractivity contribution in [2.45, 2.75) is 30.6 Å². The number of ether oxygens (including phenoxy) is 1. The lowest BCUT2D eigenvalue weighted by Gasteiger charge is -2.40. The van der Waals surface area contributed by atoms with Crippen LogP contribution in [-0.4, -0.2) is 72.9 Å². The molecule has 0 aliphatic carbocycles.